The fraction of sp³-hybridized carbons (Fsp3) is 0.733. The Morgan fingerprint density at radius 3 is 2.87 bits per heavy atom. The van der Waals surface area contributed by atoms with Gasteiger partial charge in [-0.3, -0.25) is 0 Å². The zero-order chi connectivity index (χ0) is 10.8. The Balaban J connectivity index is 2.00. The molecule has 4 bridgehead atoms. The molecule has 0 aromatic carbocycles. The van der Waals surface area contributed by atoms with E-state index >= 15 is 0 Å². The molecule has 3 aliphatic carbocycles. The lowest BCUT2D eigenvalue weighted by molar-refractivity contribution is 0.163. The van der Waals surface area contributed by atoms with Gasteiger partial charge in [-0.15, -0.1) is 0 Å². The van der Waals surface area contributed by atoms with Crippen LogP contribution in [0.25, 0.3) is 0 Å². The lowest BCUT2D eigenvalue weighted by Gasteiger charge is -2.39. The van der Waals surface area contributed by atoms with Crippen molar-refractivity contribution in [3.63, 3.8) is 0 Å². The van der Waals surface area contributed by atoms with Crippen LogP contribution in [0.5, 0.6) is 0 Å². The summed E-state index contributed by atoms with van der Waals surface area (Å²) in [5.74, 6) is 4.44. The number of allylic oxidation sites excluding steroid dienone is 3. The molecule has 3 aliphatic rings. The summed E-state index contributed by atoms with van der Waals surface area (Å²) in [6.45, 7) is 11.6. The highest BCUT2D eigenvalue weighted by Gasteiger charge is 2.61. The van der Waals surface area contributed by atoms with Crippen molar-refractivity contribution in [2.45, 2.75) is 33.6 Å². The fourth-order valence-corrected chi connectivity index (χ4v) is 4.80. The van der Waals surface area contributed by atoms with Gasteiger partial charge in [-0.05, 0) is 47.8 Å². The van der Waals surface area contributed by atoms with Crippen LogP contribution in [0, 0.1) is 35.0 Å². The van der Waals surface area contributed by atoms with E-state index in [0.29, 0.717) is 5.41 Å². The van der Waals surface area contributed by atoms with Gasteiger partial charge in [0.2, 0.25) is 0 Å². The van der Waals surface area contributed by atoms with Gasteiger partial charge in [0.15, 0.2) is 0 Å². The third-order valence-electron chi connectivity index (χ3n) is 5.57. The summed E-state index contributed by atoms with van der Waals surface area (Å²) >= 11 is 0. The first-order valence-corrected chi connectivity index (χ1v) is 6.41. The van der Waals surface area contributed by atoms with Crippen molar-refractivity contribution in [2.75, 3.05) is 0 Å². The first-order chi connectivity index (χ1) is 7.04. The maximum Gasteiger partial charge on any atom is -0.0105 e. The minimum atomic E-state index is 0.561. The van der Waals surface area contributed by atoms with Gasteiger partial charge in [-0.1, -0.05) is 45.1 Å². The second-order valence-electron chi connectivity index (χ2n) is 6.53. The first-order valence-electron chi connectivity index (χ1n) is 6.41. The molecule has 2 fully saturated rings. The Hall–Kier alpha value is -0.520. The zero-order valence-electron chi connectivity index (χ0n) is 10.2. The van der Waals surface area contributed by atoms with Crippen LogP contribution in [0.3, 0.4) is 0 Å². The van der Waals surface area contributed by atoms with E-state index in [4.69, 9.17) is 0 Å². The molecular formula is C15H22. The highest BCUT2D eigenvalue weighted by atomic mass is 14.6. The molecule has 5 unspecified atom stereocenters. The molecule has 0 N–H and O–H groups in total. The maximum absolute atomic E-state index is 4.24. The molecular weight excluding hydrogens is 180 g/mol. The van der Waals surface area contributed by atoms with E-state index in [1.165, 1.54) is 18.4 Å². The van der Waals surface area contributed by atoms with Gasteiger partial charge in [0.1, 0.15) is 0 Å². The highest BCUT2D eigenvalue weighted by Crippen LogP contribution is 2.68. The van der Waals surface area contributed by atoms with Gasteiger partial charge in [0.05, 0.1) is 0 Å². The summed E-state index contributed by atoms with van der Waals surface area (Å²) < 4.78 is 0. The van der Waals surface area contributed by atoms with E-state index in [1.807, 2.05) is 0 Å². The molecule has 0 amide bonds. The minimum Gasteiger partial charge on any atom is -0.0955 e. The summed E-state index contributed by atoms with van der Waals surface area (Å²) in [5.41, 5.74) is 1.96. The predicted molar refractivity (Wildman–Crippen MR) is 64.4 cm³/mol. The molecule has 2 saturated carbocycles. The molecule has 0 aromatic heterocycles. The zero-order valence-corrected chi connectivity index (χ0v) is 10.2. The molecule has 3 rings (SSSR count). The number of hydrogen-bond acceptors (Lipinski definition) is 0. The van der Waals surface area contributed by atoms with Gasteiger partial charge < -0.3 is 0 Å². The SMILES string of the molecule is C=C1C=CC2C3CC1C2(C)CC3C(C)C. The summed E-state index contributed by atoms with van der Waals surface area (Å²) in [6.07, 6.45) is 7.63. The molecule has 5 atom stereocenters. The molecule has 82 valence electrons. The van der Waals surface area contributed by atoms with Crippen LogP contribution in [0.4, 0.5) is 0 Å². The second-order valence-corrected chi connectivity index (χ2v) is 6.53. The lowest BCUT2D eigenvalue weighted by Crippen LogP contribution is -2.30. The summed E-state index contributed by atoms with van der Waals surface area (Å²) in [4.78, 5) is 0. The molecule has 0 radical (unpaired) electrons. The van der Waals surface area contributed by atoms with E-state index in [9.17, 15) is 0 Å². The van der Waals surface area contributed by atoms with Crippen molar-refractivity contribution >= 4 is 0 Å². The van der Waals surface area contributed by atoms with Crippen LogP contribution < -0.4 is 0 Å². The molecule has 0 aliphatic heterocycles. The largest absolute Gasteiger partial charge is 0.0955 e. The van der Waals surface area contributed by atoms with Gasteiger partial charge >= 0.3 is 0 Å². The molecule has 0 nitrogen and oxygen atoms in total. The maximum atomic E-state index is 4.24. The molecule has 0 heterocycles. The third-order valence-corrected chi connectivity index (χ3v) is 5.57. The van der Waals surface area contributed by atoms with Crippen LogP contribution >= 0.6 is 0 Å². The van der Waals surface area contributed by atoms with Crippen molar-refractivity contribution in [1.82, 2.24) is 0 Å². The Labute approximate surface area is 93.5 Å². The summed E-state index contributed by atoms with van der Waals surface area (Å²) in [7, 11) is 0. The van der Waals surface area contributed by atoms with Crippen molar-refractivity contribution < 1.29 is 0 Å². The average Bonchev–Trinajstić information content (AvgIpc) is 2.53. The average molecular weight is 202 g/mol. The van der Waals surface area contributed by atoms with Gasteiger partial charge in [-0.2, -0.15) is 0 Å². The predicted octanol–water partition coefficient (Wildman–Crippen LogP) is 4.05. The van der Waals surface area contributed by atoms with Crippen molar-refractivity contribution in [3.8, 4) is 0 Å². The van der Waals surface area contributed by atoms with Crippen molar-refractivity contribution in [3.05, 3.63) is 24.3 Å². The van der Waals surface area contributed by atoms with Crippen LogP contribution in [-0.2, 0) is 0 Å². The van der Waals surface area contributed by atoms with Gasteiger partial charge in [0.25, 0.3) is 0 Å². The second kappa shape index (κ2) is 2.78. The van der Waals surface area contributed by atoms with Crippen LogP contribution in [0.1, 0.15) is 33.6 Å². The fourth-order valence-electron chi connectivity index (χ4n) is 4.80. The van der Waals surface area contributed by atoms with Gasteiger partial charge in [0, 0.05) is 0 Å². The topological polar surface area (TPSA) is 0 Å². The van der Waals surface area contributed by atoms with Crippen molar-refractivity contribution in [2.24, 2.45) is 35.0 Å². The highest BCUT2D eigenvalue weighted by molar-refractivity contribution is 5.34. The van der Waals surface area contributed by atoms with Crippen molar-refractivity contribution in [1.29, 1.82) is 0 Å². The Bertz CT molecular complexity index is 336. The number of rotatable bonds is 1. The molecule has 0 saturated heterocycles. The third kappa shape index (κ3) is 1.03. The standard InChI is InChI=1S/C15H22/c1-9(2)12-8-15(4)13-6-5-10(3)14(15)7-11(12)13/h5-6,9,11-14H,3,7-8H2,1-2,4H3. The van der Waals surface area contributed by atoms with Crippen LogP contribution in [0.2, 0.25) is 0 Å². The van der Waals surface area contributed by atoms with E-state index in [-0.39, 0.29) is 0 Å². The Morgan fingerprint density at radius 2 is 2.20 bits per heavy atom. The normalized spacial score (nSPS) is 51.9. The number of hydrogen-bond donors (Lipinski definition) is 0. The molecule has 15 heavy (non-hydrogen) atoms. The molecule has 0 aromatic rings. The van der Waals surface area contributed by atoms with Crippen LogP contribution in [0.15, 0.2) is 24.3 Å². The lowest BCUT2D eigenvalue weighted by atomic mass is 9.65. The van der Waals surface area contributed by atoms with E-state index in [1.54, 1.807) is 0 Å². The van der Waals surface area contributed by atoms with E-state index in [0.717, 1.165) is 29.6 Å². The Kier molecular flexibility index (Phi) is 1.80. The first kappa shape index (κ1) is 9.69. The Morgan fingerprint density at radius 1 is 1.47 bits per heavy atom. The van der Waals surface area contributed by atoms with E-state index < -0.39 is 0 Å². The quantitative estimate of drug-likeness (QED) is 0.602. The van der Waals surface area contributed by atoms with Crippen LogP contribution in [-0.4, -0.2) is 0 Å². The minimum absolute atomic E-state index is 0.561. The summed E-state index contributed by atoms with van der Waals surface area (Å²) in [5, 5.41) is 0. The molecule has 0 spiro atoms. The smallest absolute Gasteiger partial charge is 0.0105 e. The monoisotopic (exact) mass is 202 g/mol. The molecule has 0 heteroatoms. The van der Waals surface area contributed by atoms with Gasteiger partial charge in [-0.25, -0.2) is 0 Å². The van der Waals surface area contributed by atoms with E-state index in [2.05, 4.69) is 39.5 Å². The summed E-state index contributed by atoms with van der Waals surface area (Å²) in [6, 6.07) is 0.